The van der Waals surface area contributed by atoms with Crippen LogP contribution in [0.5, 0.6) is 0 Å². The molecule has 0 aliphatic heterocycles. The van der Waals surface area contributed by atoms with E-state index in [4.69, 9.17) is 14.5 Å². The molecule has 2 N–H and O–H groups in total. The number of fused-ring (bicyclic) bond motifs is 3. The third-order valence-electron chi connectivity index (χ3n) is 5.55. The van der Waals surface area contributed by atoms with Gasteiger partial charge >= 0.3 is 6.09 Å². The summed E-state index contributed by atoms with van der Waals surface area (Å²) >= 11 is 0. The number of carbonyl (C=O) groups excluding carboxylic acids is 1. The Hall–Kier alpha value is -3.54. The smallest absolute Gasteiger partial charge is 0.413 e. The van der Waals surface area contributed by atoms with Crippen LogP contribution in [0.15, 0.2) is 54.6 Å². The lowest BCUT2D eigenvalue weighted by Gasteiger charge is -2.27. The number of sulfonamides is 1. The molecule has 0 saturated carbocycles. The van der Waals surface area contributed by atoms with Crippen molar-refractivity contribution in [2.24, 2.45) is 0 Å². The van der Waals surface area contributed by atoms with Gasteiger partial charge in [0.2, 0.25) is 10.0 Å². The first-order valence-corrected chi connectivity index (χ1v) is 13.8. The number of para-hydroxylation sites is 1. The number of aromatic nitrogens is 3. The Bertz CT molecular complexity index is 1520. The van der Waals surface area contributed by atoms with Crippen LogP contribution >= 0.6 is 0 Å². The lowest BCUT2D eigenvalue weighted by atomic mass is 10.1. The number of benzene rings is 2. The van der Waals surface area contributed by atoms with Crippen LogP contribution in [-0.2, 0) is 39.3 Å². The van der Waals surface area contributed by atoms with Crippen LogP contribution in [0.2, 0.25) is 0 Å². The molecule has 2 heterocycles. The van der Waals surface area contributed by atoms with Crippen molar-refractivity contribution >= 4 is 43.9 Å². The summed E-state index contributed by atoms with van der Waals surface area (Å²) in [5, 5.41) is 3.56. The van der Waals surface area contributed by atoms with Gasteiger partial charge in [-0.2, -0.15) is 0 Å². The number of carbonyl (C=O) groups is 1. The number of nitrogens with one attached hydrogen (secondary N) is 2. The first-order chi connectivity index (χ1) is 17.6. The van der Waals surface area contributed by atoms with Gasteiger partial charge in [0.25, 0.3) is 0 Å². The molecule has 10 nitrogen and oxygen atoms in total. The Morgan fingerprint density at radius 1 is 1.03 bits per heavy atom. The molecule has 0 radical (unpaired) electrons. The molecule has 37 heavy (non-hydrogen) atoms. The van der Waals surface area contributed by atoms with Crippen molar-refractivity contribution < 1.29 is 22.7 Å². The first kappa shape index (κ1) is 26.5. The van der Waals surface area contributed by atoms with E-state index in [1.807, 2.05) is 66.1 Å². The number of hydrogen-bond donors (Lipinski definition) is 2. The molecule has 11 heteroatoms. The van der Waals surface area contributed by atoms with Crippen LogP contribution in [0.25, 0.3) is 21.9 Å². The fraction of sp³-hybridized carbons (Fsp3) is 0.346. The van der Waals surface area contributed by atoms with Gasteiger partial charge in [-0.1, -0.05) is 48.5 Å². The van der Waals surface area contributed by atoms with E-state index >= 15 is 0 Å². The van der Waals surface area contributed by atoms with Gasteiger partial charge in [0.05, 0.1) is 17.3 Å². The minimum atomic E-state index is -3.46. The van der Waals surface area contributed by atoms with Crippen molar-refractivity contribution in [3.05, 3.63) is 66.0 Å². The van der Waals surface area contributed by atoms with Gasteiger partial charge in [-0.15, -0.1) is 0 Å². The van der Waals surface area contributed by atoms with Gasteiger partial charge in [-0.25, -0.2) is 27.9 Å². The minimum Gasteiger partial charge on any atom is -0.444 e. The summed E-state index contributed by atoms with van der Waals surface area (Å²) < 4.78 is 39.7. The highest BCUT2D eigenvalue weighted by atomic mass is 32.2. The molecule has 0 aliphatic rings. The summed E-state index contributed by atoms with van der Waals surface area (Å²) in [4.78, 5) is 22.1. The SMILES string of the molecule is CCOCc1nc2c(NC(=O)OCc3ccccc3)nc3ccccc3c2n1CC(C)(C)NS(C)(=O)=O. The normalized spacial score (nSPS) is 12.2. The van der Waals surface area contributed by atoms with E-state index in [0.29, 0.717) is 29.0 Å². The number of imidazole rings is 1. The molecule has 0 spiro atoms. The maximum Gasteiger partial charge on any atom is 0.413 e. The van der Waals surface area contributed by atoms with Crippen molar-refractivity contribution in [2.75, 3.05) is 18.2 Å². The lowest BCUT2D eigenvalue weighted by Crippen LogP contribution is -2.46. The Morgan fingerprint density at radius 3 is 2.43 bits per heavy atom. The van der Waals surface area contributed by atoms with Crippen molar-refractivity contribution in [1.82, 2.24) is 19.3 Å². The van der Waals surface area contributed by atoms with E-state index in [-0.39, 0.29) is 25.6 Å². The van der Waals surface area contributed by atoms with Crippen molar-refractivity contribution in [3.8, 4) is 0 Å². The number of anilines is 1. The van der Waals surface area contributed by atoms with E-state index in [0.717, 1.165) is 17.2 Å². The monoisotopic (exact) mass is 525 g/mol. The van der Waals surface area contributed by atoms with Crippen molar-refractivity contribution in [1.29, 1.82) is 0 Å². The van der Waals surface area contributed by atoms with Crippen LogP contribution < -0.4 is 10.0 Å². The molecule has 2 aromatic heterocycles. The number of nitrogens with zero attached hydrogens (tertiary/aromatic N) is 3. The lowest BCUT2D eigenvalue weighted by molar-refractivity contribution is 0.125. The second-order valence-electron chi connectivity index (χ2n) is 9.37. The molecule has 4 aromatic rings. The van der Waals surface area contributed by atoms with Gasteiger partial charge in [0.1, 0.15) is 24.6 Å². The van der Waals surface area contributed by atoms with Crippen LogP contribution in [0.3, 0.4) is 0 Å². The average Bonchev–Trinajstić information content (AvgIpc) is 3.18. The van der Waals surface area contributed by atoms with Crippen LogP contribution in [0, 0.1) is 0 Å². The highest BCUT2D eigenvalue weighted by Gasteiger charge is 2.27. The maximum atomic E-state index is 12.7. The highest BCUT2D eigenvalue weighted by molar-refractivity contribution is 7.88. The van der Waals surface area contributed by atoms with Crippen molar-refractivity contribution in [2.45, 2.75) is 46.1 Å². The Kier molecular flexibility index (Phi) is 7.76. The predicted octanol–water partition coefficient (Wildman–Crippen LogP) is 4.20. The number of pyridine rings is 1. The Morgan fingerprint density at radius 2 is 1.73 bits per heavy atom. The molecular formula is C26H31N5O5S. The zero-order valence-corrected chi connectivity index (χ0v) is 22.1. The third-order valence-corrected chi connectivity index (χ3v) is 6.47. The van der Waals surface area contributed by atoms with Gasteiger partial charge in [-0.05, 0) is 32.4 Å². The van der Waals surface area contributed by atoms with Gasteiger partial charge in [-0.3, -0.25) is 5.32 Å². The molecule has 0 bridgehead atoms. The molecule has 0 unspecified atom stereocenters. The molecule has 2 aromatic carbocycles. The van der Waals surface area contributed by atoms with Gasteiger partial charge in [0.15, 0.2) is 5.82 Å². The summed E-state index contributed by atoms with van der Waals surface area (Å²) in [6, 6.07) is 16.9. The van der Waals surface area contributed by atoms with Crippen molar-refractivity contribution in [3.63, 3.8) is 0 Å². The second-order valence-corrected chi connectivity index (χ2v) is 11.1. The van der Waals surface area contributed by atoms with Crippen LogP contribution in [0.4, 0.5) is 10.6 Å². The maximum absolute atomic E-state index is 12.7. The minimum absolute atomic E-state index is 0.110. The summed E-state index contributed by atoms with van der Waals surface area (Å²) in [5.74, 6) is 0.830. The van der Waals surface area contributed by atoms with E-state index in [2.05, 4.69) is 15.0 Å². The van der Waals surface area contributed by atoms with E-state index in [1.54, 1.807) is 13.8 Å². The zero-order chi connectivity index (χ0) is 26.6. The predicted molar refractivity (Wildman–Crippen MR) is 143 cm³/mol. The molecular weight excluding hydrogens is 494 g/mol. The van der Waals surface area contributed by atoms with Crippen LogP contribution in [0.1, 0.15) is 32.2 Å². The number of ether oxygens (including phenoxy) is 2. The second kappa shape index (κ2) is 10.8. The molecule has 0 atom stereocenters. The average molecular weight is 526 g/mol. The Balaban J connectivity index is 1.78. The Labute approximate surface area is 216 Å². The number of amides is 1. The van der Waals surface area contributed by atoms with Gasteiger partial charge < -0.3 is 14.0 Å². The largest absolute Gasteiger partial charge is 0.444 e. The summed E-state index contributed by atoms with van der Waals surface area (Å²) in [7, 11) is -3.46. The number of rotatable bonds is 10. The zero-order valence-electron chi connectivity index (χ0n) is 21.3. The summed E-state index contributed by atoms with van der Waals surface area (Å²) in [6.45, 7) is 6.54. The van der Waals surface area contributed by atoms with E-state index in [1.165, 1.54) is 0 Å². The first-order valence-electron chi connectivity index (χ1n) is 11.9. The summed E-state index contributed by atoms with van der Waals surface area (Å²) in [5.41, 5.74) is 1.83. The standard InChI is InChI=1S/C26H31N5O5S/c1-5-35-16-21-28-22-23(31(21)17-26(2,3)30-37(4,33)34)19-13-9-10-14-20(19)27-24(22)29-25(32)36-15-18-11-7-6-8-12-18/h6-14,30H,5,15-17H2,1-4H3,(H,27,29,32). The molecule has 4 rings (SSSR count). The quantitative estimate of drug-likeness (QED) is 0.318. The highest BCUT2D eigenvalue weighted by Crippen LogP contribution is 2.31. The fourth-order valence-corrected chi connectivity index (χ4v) is 5.30. The molecule has 0 saturated heterocycles. The van der Waals surface area contributed by atoms with E-state index in [9.17, 15) is 13.2 Å². The topological polar surface area (TPSA) is 124 Å². The fourth-order valence-electron chi connectivity index (χ4n) is 4.23. The molecule has 0 aliphatic carbocycles. The summed E-state index contributed by atoms with van der Waals surface area (Å²) in [6.07, 6.45) is 0.470. The molecule has 196 valence electrons. The number of hydrogen-bond acceptors (Lipinski definition) is 7. The molecule has 0 fully saturated rings. The van der Waals surface area contributed by atoms with Crippen LogP contribution in [-0.4, -0.2) is 47.4 Å². The molecule has 1 amide bonds. The van der Waals surface area contributed by atoms with Gasteiger partial charge in [0, 0.05) is 24.1 Å². The third kappa shape index (κ3) is 6.62. The van der Waals surface area contributed by atoms with E-state index < -0.39 is 21.7 Å².